The van der Waals surface area contributed by atoms with Crippen LogP contribution < -0.4 is 5.32 Å². The maximum absolute atomic E-state index is 13.1. The van der Waals surface area contributed by atoms with Crippen LogP contribution in [0.3, 0.4) is 0 Å². The summed E-state index contributed by atoms with van der Waals surface area (Å²) >= 11 is 0. The minimum absolute atomic E-state index is 0.00363. The molecule has 1 atom stereocenters. The van der Waals surface area contributed by atoms with Crippen LogP contribution in [0.15, 0.2) is 18.2 Å². The van der Waals surface area contributed by atoms with Gasteiger partial charge in [0.25, 0.3) is 0 Å². The lowest BCUT2D eigenvalue weighted by atomic mass is 10.0. The molecule has 0 aliphatic rings. The maximum Gasteiger partial charge on any atom is 0.159 e. The number of halogens is 2. The van der Waals surface area contributed by atoms with Crippen molar-refractivity contribution in [2.45, 2.75) is 19.4 Å². The lowest BCUT2D eigenvalue weighted by Crippen LogP contribution is -2.23. The molecule has 0 amide bonds. The average Bonchev–Trinajstić information content (AvgIpc) is 2.27. The number of nitrogens with one attached hydrogen (secondary N) is 1. The molecule has 0 heterocycles. The van der Waals surface area contributed by atoms with Crippen LogP contribution in [0.2, 0.25) is 0 Å². The van der Waals surface area contributed by atoms with Gasteiger partial charge in [-0.05, 0) is 30.7 Å². The van der Waals surface area contributed by atoms with Gasteiger partial charge in [-0.1, -0.05) is 13.0 Å². The Balaban J connectivity index is 2.86. The van der Waals surface area contributed by atoms with Crippen LogP contribution in [0.1, 0.15) is 24.9 Å². The zero-order chi connectivity index (χ0) is 13.8. The van der Waals surface area contributed by atoms with Crippen LogP contribution in [0.4, 0.5) is 8.78 Å². The summed E-state index contributed by atoms with van der Waals surface area (Å²) in [6, 6.07) is 3.33. The van der Waals surface area contributed by atoms with Gasteiger partial charge >= 0.3 is 0 Å². The first-order valence-corrected chi connectivity index (χ1v) is 7.75. The molecule has 0 aliphatic carbocycles. The molecule has 6 heteroatoms. The summed E-state index contributed by atoms with van der Waals surface area (Å²) in [5, 5.41) is 3.06. The third-order valence-corrected chi connectivity index (χ3v) is 3.55. The molecule has 102 valence electrons. The first-order chi connectivity index (χ1) is 8.33. The summed E-state index contributed by atoms with van der Waals surface area (Å²) in [6.45, 7) is 2.49. The molecule has 0 fully saturated rings. The quantitative estimate of drug-likeness (QED) is 0.865. The number of benzene rings is 1. The zero-order valence-electron chi connectivity index (χ0n) is 10.4. The highest BCUT2D eigenvalue weighted by Crippen LogP contribution is 2.19. The Labute approximate surface area is 106 Å². The van der Waals surface area contributed by atoms with Gasteiger partial charge in [0.05, 0.1) is 5.75 Å². The molecule has 0 spiro atoms. The molecule has 0 bridgehead atoms. The second-order valence-corrected chi connectivity index (χ2v) is 6.46. The van der Waals surface area contributed by atoms with Crippen LogP contribution in [0, 0.1) is 11.6 Å². The molecule has 0 aromatic heterocycles. The van der Waals surface area contributed by atoms with E-state index in [2.05, 4.69) is 5.32 Å². The van der Waals surface area contributed by atoms with Gasteiger partial charge < -0.3 is 5.32 Å². The average molecular weight is 277 g/mol. The molecular weight excluding hydrogens is 260 g/mol. The van der Waals surface area contributed by atoms with E-state index in [1.807, 2.05) is 6.92 Å². The monoisotopic (exact) mass is 277 g/mol. The summed E-state index contributed by atoms with van der Waals surface area (Å²) in [6.07, 6.45) is 1.49. The van der Waals surface area contributed by atoms with Crippen molar-refractivity contribution in [1.29, 1.82) is 0 Å². The molecule has 1 aromatic rings. The molecule has 18 heavy (non-hydrogen) atoms. The van der Waals surface area contributed by atoms with Crippen molar-refractivity contribution >= 4 is 9.84 Å². The minimum atomic E-state index is -3.07. The van der Waals surface area contributed by atoms with Crippen LogP contribution in [-0.2, 0) is 9.84 Å². The van der Waals surface area contributed by atoms with Gasteiger partial charge in [0.2, 0.25) is 0 Å². The predicted octanol–water partition coefficient (Wildman–Crippen LogP) is 2.05. The van der Waals surface area contributed by atoms with E-state index in [0.29, 0.717) is 18.5 Å². The minimum Gasteiger partial charge on any atom is -0.310 e. The van der Waals surface area contributed by atoms with Gasteiger partial charge in [0.1, 0.15) is 9.84 Å². The Hall–Kier alpha value is -1.01. The summed E-state index contributed by atoms with van der Waals surface area (Å²) in [5.74, 6) is -1.82. The fraction of sp³-hybridized carbons (Fsp3) is 0.500. The number of hydrogen-bond donors (Lipinski definition) is 1. The van der Waals surface area contributed by atoms with Gasteiger partial charge in [0, 0.05) is 12.3 Å². The highest BCUT2D eigenvalue weighted by molar-refractivity contribution is 7.90. The highest BCUT2D eigenvalue weighted by Gasteiger charge is 2.15. The molecule has 1 N–H and O–H groups in total. The fourth-order valence-electron chi connectivity index (χ4n) is 1.69. The smallest absolute Gasteiger partial charge is 0.159 e. The molecule has 0 aliphatic heterocycles. The second-order valence-electron chi connectivity index (χ2n) is 4.20. The van der Waals surface area contributed by atoms with Crippen molar-refractivity contribution in [1.82, 2.24) is 5.32 Å². The van der Waals surface area contributed by atoms with Crippen LogP contribution in [0.5, 0.6) is 0 Å². The van der Waals surface area contributed by atoms with Crippen molar-refractivity contribution in [3.63, 3.8) is 0 Å². The van der Waals surface area contributed by atoms with E-state index in [0.717, 1.165) is 18.4 Å². The molecule has 1 unspecified atom stereocenters. The molecule has 0 radical (unpaired) electrons. The predicted molar refractivity (Wildman–Crippen MR) is 67.1 cm³/mol. The van der Waals surface area contributed by atoms with E-state index in [4.69, 9.17) is 0 Å². The van der Waals surface area contributed by atoms with E-state index in [9.17, 15) is 17.2 Å². The lowest BCUT2D eigenvalue weighted by molar-refractivity contribution is 0.493. The summed E-state index contributed by atoms with van der Waals surface area (Å²) in [7, 11) is -3.07. The third-order valence-electron chi connectivity index (χ3n) is 2.57. The van der Waals surface area contributed by atoms with Crippen molar-refractivity contribution < 1.29 is 17.2 Å². The van der Waals surface area contributed by atoms with E-state index in [1.165, 1.54) is 6.07 Å². The molecule has 3 nitrogen and oxygen atoms in total. The largest absolute Gasteiger partial charge is 0.310 e. The number of hydrogen-bond acceptors (Lipinski definition) is 3. The van der Waals surface area contributed by atoms with Crippen LogP contribution in [-0.4, -0.2) is 27.0 Å². The molecule has 0 saturated heterocycles. The van der Waals surface area contributed by atoms with Gasteiger partial charge in [-0.15, -0.1) is 0 Å². The van der Waals surface area contributed by atoms with Gasteiger partial charge in [-0.25, -0.2) is 17.2 Å². The van der Waals surface area contributed by atoms with Crippen molar-refractivity contribution in [2.24, 2.45) is 0 Å². The van der Waals surface area contributed by atoms with Crippen molar-refractivity contribution in [2.75, 3.05) is 18.6 Å². The molecule has 1 rings (SSSR count). The Morgan fingerprint density at radius 2 is 1.94 bits per heavy atom. The summed E-state index contributed by atoms with van der Waals surface area (Å²) in [4.78, 5) is 0. The Kier molecular flexibility index (Phi) is 5.22. The second kappa shape index (κ2) is 6.24. The molecule has 1 aromatic carbocycles. The number of rotatable bonds is 6. The van der Waals surface area contributed by atoms with E-state index in [1.54, 1.807) is 0 Å². The molecular formula is C12H17F2NO2S. The van der Waals surface area contributed by atoms with Crippen LogP contribution in [0.25, 0.3) is 0 Å². The summed E-state index contributed by atoms with van der Waals surface area (Å²) < 4.78 is 48.2. The maximum atomic E-state index is 13.1. The normalized spacial score (nSPS) is 13.6. The Bertz CT molecular complexity index is 503. The fourth-order valence-corrected chi connectivity index (χ4v) is 2.36. The topological polar surface area (TPSA) is 46.2 Å². The Morgan fingerprint density at radius 1 is 1.28 bits per heavy atom. The lowest BCUT2D eigenvalue weighted by Gasteiger charge is -2.18. The van der Waals surface area contributed by atoms with Gasteiger partial charge in [-0.3, -0.25) is 0 Å². The highest BCUT2D eigenvalue weighted by atomic mass is 32.2. The SMILES string of the molecule is CCNC(CCS(C)(=O)=O)c1ccc(F)c(F)c1. The number of sulfone groups is 1. The zero-order valence-corrected chi connectivity index (χ0v) is 11.2. The standard InChI is InChI=1S/C12H17F2NO2S/c1-3-15-12(6-7-18(2,16)17)9-4-5-10(13)11(14)8-9/h4-5,8,12,15H,3,6-7H2,1-2H3. The van der Waals surface area contributed by atoms with Crippen molar-refractivity contribution in [3.05, 3.63) is 35.4 Å². The van der Waals surface area contributed by atoms with Crippen LogP contribution >= 0.6 is 0 Å². The first kappa shape index (κ1) is 15.0. The van der Waals surface area contributed by atoms with Crippen molar-refractivity contribution in [3.8, 4) is 0 Å². The molecule has 0 saturated carbocycles. The first-order valence-electron chi connectivity index (χ1n) is 5.69. The van der Waals surface area contributed by atoms with E-state index < -0.39 is 21.5 Å². The van der Waals surface area contributed by atoms with E-state index in [-0.39, 0.29) is 11.8 Å². The van der Waals surface area contributed by atoms with Gasteiger partial charge in [-0.2, -0.15) is 0 Å². The van der Waals surface area contributed by atoms with E-state index >= 15 is 0 Å². The Morgan fingerprint density at radius 3 is 2.44 bits per heavy atom. The summed E-state index contributed by atoms with van der Waals surface area (Å²) in [5.41, 5.74) is 0.555. The third kappa shape index (κ3) is 4.70. The van der Waals surface area contributed by atoms with Gasteiger partial charge in [0.15, 0.2) is 11.6 Å².